The number of rotatable bonds is 2. The Hall–Kier alpha value is -1.57. The first-order valence-electron chi connectivity index (χ1n) is 6.17. The fraction of sp³-hybridized carbons (Fsp3) is 0.0667. The molecule has 130 valence electrons. The highest BCUT2D eigenvalue weighted by Crippen LogP contribution is 2.36. The molecule has 2 rings (SSSR count). The van der Waals surface area contributed by atoms with E-state index in [-0.39, 0.29) is 0 Å². The first-order chi connectivity index (χ1) is 11.7. The van der Waals surface area contributed by atoms with Crippen LogP contribution in [-0.2, 0) is 15.8 Å². The monoisotopic (exact) mass is 540 g/mol. The van der Waals surface area contributed by atoms with Crippen LogP contribution in [0.25, 0.3) is 0 Å². The van der Waals surface area contributed by atoms with Gasteiger partial charge in [-0.05, 0) is 56.1 Å². The standard InChI is InChI=1S/C8H4F3NO.C7H2Br3NO/c9-8(10,11)6-3-1-2-4-7(6)12-5-13;8-4-1-5(9)7(11-3-12)6(10)2-4/h1-4H;1-2H. The fourth-order valence-electron chi connectivity index (χ4n) is 1.55. The van der Waals surface area contributed by atoms with E-state index < -0.39 is 17.4 Å². The Morgan fingerprint density at radius 1 is 0.880 bits per heavy atom. The van der Waals surface area contributed by atoms with E-state index in [1.54, 1.807) is 12.1 Å². The predicted molar refractivity (Wildman–Crippen MR) is 96.5 cm³/mol. The van der Waals surface area contributed by atoms with Crippen molar-refractivity contribution in [2.45, 2.75) is 6.18 Å². The minimum Gasteiger partial charge on any atom is -0.211 e. The highest BCUT2D eigenvalue weighted by Gasteiger charge is 2.33. The summed E-state index contributed by atoms with van der Waals surface area (Å²) in [5.41, 5.74) is -0.795. The first-order valence-corrected chi connectivity index (χ1v) is 8.55. The van der Waals surface area contributed by atoms with E-state index in [2.05, 4.69) is 57.8 Å². The molecule has 0 aromatic heterocycles. The maximum absolute atomic E-state index is 12.2. The van der Waals surface area contributed by atoms with Crippen LogP contribution in [0.5, 0.6) is 0 Å². The number of nitrogens with zero attached hydrogens (tertiary/aromatic N) is 2. The van der Waals surface area contributed by atoms with E-state index in [0.29, 0.717) is 5.69 Å². The fourth-order valence-corrected chi connectivity index (χ4v) is 3.98. The van der Waals surface area contributed by atoms with Gasteiger partial charge in [0.25, 0.3) is 0 Å². The third-order valence-corrected chi connectivity index (χ3v) is 4.18. The molecule has 10 heteroatoms. The van der Waals surface area contributed by atoms with Crippen molar-refractivity contribution < 1.29 is 22.8 Å². The van der Waals surface area contributed by atoms with E-state index >= 15 is 0 Å². The van der Waals surface area contributed by atoms with E-state index in [1.807, 2.05) is 0 Å². The number of benzene rings is 2. The lowest BCUT2D eigenvalue weighted by Crippen LogP contribution is -2.04. The molecule has 0 atom stereocenters. The van der Waals surface area contributed by atoms with Crippen molar-refractivity contribution in [3.8, 4) is 0 Å². The van der Waals surface area contributed by atoms with E-state index in [4.69, 9.17) is 0 Å². The van der Waals surface area contributed by atoms with Gasteiger partial charge in [-0.3, -0.25) is 0 Å². The van der Waals surface area contributed by atoms with Crippen LogP contribution in [0.3, 0.4) is 0 Å². The molecule has 2 aromatic rings. The van der Waals surface area contributed by atoms with Crippen LogP contribution in [0.2, 0.25) is 0 Å². The Bertz CT molecular complexity index is 836. The molecule has 0 aliphatic rings. The number of carbonyl (C=O) groups excluding carboxylic acids is 2. The van der Waals surface area contributed by atoms with E-state index in [1.165, 1.54) is 18.2 Å². The lowest BCUT2D eigenvalue weighted by Gasteiger charge is -2.07. The zero-order chi connectivity index (χ0) is 19.0. The minimum atomic E-state index is -4.49. The Morgan fingerprint density at radius 3 is 1.88 bits per heavy atom. The molecule has 0 saturated carbocycles. The van der Waals surface area contributed by atoms with Gasteiger partial charge in [0.2, 0.25) is 12.2 Å². The summed E-state index contributed by atoms with van der Waals surface area (Å²) in [5, 5.41) is 0. The smallest absolute Gasteiger partial charge is 0.211 e. The van der Waals surface area contributed by atoms with Crippen molar-refractivity contribution in [2.75, 3.05) is 0 Å². The van der Waals surface area contributed by atoms with Crippen LogP contribution in [0.15, 0.2) is 59.8 Å². The molecule has 0 aliphatic carbocycles. The average Bonchev–Trinajstić information content (AvgIpc) is 2.51. The van der Waals surface area contributed by atoms with Gasteiger partial charge < -0.3 is 0 Å². The minimum absolute atomic E-state index is 0.412. The molecule has 0 fully saturated rings. The largest absolute Gasteiger partial charge is 0.418 e. The molecule has 0 unspecified atom stereocenters. The highest BCUT2D eigenvalue weighted by atomic mass is 79.9. The Kier molecular flexibility index (Phi) is 8.41. The quantitative estimate of drug-likeness (QED) is 0.316. The molecule has 4 nitrogen and oxygen atoms in total. The summed E-state index contributed by atoms with van der Waals surface area (Å²) in [6, 6.07) is 8.17. The number of halogens is 6. The zero-order valence-corrected chi connectivity index (χ0v) is 16.7. The number of para-hydroxylation sites is 1. The summed E-state index contributed by atoms with van der Waals surface area (Å²) in [4.78, 5) is 26.3. The van der Waals surface area contributed by atoms with Gasteiger partial charge in [0.1, 0.15) is 5.69 Å². The average molecular weight is 543 g/mol. The van der Waals surface area contributed by atoms with E-state index in [0.717, 1.165) is 31.6 Å². The number of hydrogen-bond acceptors (Lipinski definition) is 4. The van der Waals surface area contributed by atoms with Gasteiger partial charge in [0, 0.05) is 13.4 Å². The molecule has 0 heterocycles. The summed E-state index contributed by atoms with van der Waals surface area (Å²) < 4.78 is 38.9. The third kappa shape index (κ3) is 6.68. The molecule has 0 bridgehead atoms. The Balaban J connectivity index is 0.000000251. The van der Waals surface area contributed by atoms with Crippen molar-refractivity contribution in [3.05, 3.63) is 55.4 Å². The molecule has 0 amide bonds. The second-order valence-corrected chi connectivity index (χ2v) is 6.76. The lowest BCUT2D eigenvalue weighted by molar-refractivity contribution is -0.137. The summed E-state index contributed by atoms with van der Waals surface area (Å²) in [5.74, 6) is 0. The number of alkyl halides is 3. The SMILES string of the molecule is O=C=Nc1c(Br)cc(Br)cc1Br.O=C=Nc1ccccc1C(F)(F)F. The number of isocyanates is 2. The van der Waals surface area contributed by atoms with Gasteiger partial charge in [0.05, 0.1) is 11.3 Å². The molecule has 0 radical (unpaired) electrons. The summed E-state index contributed by atoms with van der Waals surface area (Å²) in [6.07, 6.45) is -1.93. The van der Waals surface area contributed by atoms with Gasteiger partial charge in [0.15, 0.2) is 0 Å². The second-order valence-electron chi connectivity index (χ2n) is 4.14. The van der Waals surface area contributed by atoms with Gasteiger partial charge in [-0.15, -0.1) is 0 Å². The number of hydrogen-bond donors (Lipinski definition) is 0. The van der Waals surface area contributed by atoms with Crippen molar-refractivity contribution in [2.24, 2.45) is 9.98 Å². The van der Waals surface area contributed by atoms with Crippen molar-refractivity contribution in [1.29, 1.82) is 0 Å². The van der Waals surface area contributed by atoms with Crippen LogP contribution < -0.4 is 0 Å². The molecule has 0 spiro atoms. The van der Waals surface area contributed by atoms with Crippen LogP contribution in [0.4, 0.5) is 24.5 Å². The molecule has 0 saturated heterocycles. The van der Waals surface area contributed by atoms with Crippen LogP contribution in [0, 0.1) is 0 Å². The molecule has 0 N–H and O–H groups in total. The van der Waals surface area contributed by atoms with Crippen LogP contribution >= 0.6 is 47.8 Å². The predicted octanol–water partition coefficient (Wildman–Crippen LogP) is 6.61. The van der Waals surface area contributed by atoms with Gasteiger partial charge in [-0.25, -0.2) is 9.59 Å². The van der Waals surface area contributed by atoms with Gasteiger partial charge >= 0.3 is 6.18 Å². The molecular formula is C15H6Br3F3N2O2. The highest BCUT2D eigenvalue weighted by molar-refractivity contribution is 9.11. The van der Waals surface area contributed by atoms with Crippen LogP contribution in [-0.4, -0.2) is 12.2 Å². The maximum Gasteiger partial charge on any atom is 0.418 e. The van der Waals surface area contributed by atoms with Gasteiger partial charge in [-0.2, -0.15) is 23.2 Å². The summed E-state index contributed by atoms with van der Waals surface area (Å²) in [7, 11) is 0. The number of aliphatic imine (C=N–C) groups is 2. The van der Waals surface area contributed by atoms with Crippen molar-refractivity contribution in [1.82, 2.24) is 0 Å². The first kappa shape index (κ1) is 21.5. The normalized spacial score (nSPS) is 10.0. The Morgan fingerprint density at radius 2 is 1.40 bits per heavy atom. The second kappa shape index (κ2) is 9.79. The molecule has 0 aliphatic heterocycles. The van der Waals surface area contributed by atoms with Crippen LogP contribution in [0.1, 0.15) is 5.56 Å². The summed E-state index contributed by atoms with van der Waals surface area (Å²) in [6.45, 7) is 0. The third-order valence-electron chi connectivity index (χ3n) is 2.51. The molecule has 25 heavy (non-hydrogen) atoms. The Labute approximate surface area is 165 Å². The van der Waals surface area contributed by atoms with Gasteiger partial charge in [-0.1, -0.05) is 28.1 Å². The summed E-state index contributed by atoms with van der Waals surface area (Å²) >= 11 is 9.83. The topological polar surface area (TPSA) is 58.9 Å². The zero-order valence-electron chi connectivity index (χ0n) is 11.9. The van der Waals surface area contributed by atoms with E-state index in [9.17, 15) is 22.8 Å². The maximum atomic E-state index is 12.2. The molecular weight excluding hydrogens is 537 g/mol. The lowest BCUT2D eigenvalue weighted by atomic mass is 10.2. The van der Waals surface area contributed by atoms with Crippen molar-refractivity contribution in [3.63, 3.8) is 0 Å². The molecule has 2 aromatic carbocycles. The van der Waals surface area contributed by atoms with Crippen molar-refractivity contribution >= 4 is 71.3 Å².